The van der Waals surface area contributed by atoms with Crippen LogP contribution < -0.4 is 20.0 Å². The van der Waals surface area contributed by atoms with Gasteiger partial charge in [0, 0.05) is 0 Å². The van der Waals surface area contributed by atoms with Gasteiger partial charge in [-0.15, -0.1) is 0 Å². The van der Waals surface area contributed by atoms with Crippen LogP contribution in [0.25, 0.3) is 0 Å². The lowest BCUT2D eigenvalue weighted by molar-refractivity contribution is -0.746. The summed E-state index contributed by atoms with van der Waals surface area (Å²) in [5.74, 6) is -1.16. The average molecular weight is 316 g/mol. The van der Waals surface area contributed by atoms with Crippen LogP contribution in [-0.4, -0.2) is 23.1 Å². The quantitative estimate of drug-likeness (QED) is 0.591. The van der Waals surface area contributed by atoms with Crippen LogP contribution in [0, 0.1) is 6.92 Å². The summed E-state index contributed by atoms with van der Waals surface area (Å²) in [4.78, 5) is 25.8. The van der Waals surface area contributed by atoms with Gasteiger partial charge in [0.2, 0.25) is 11.6 Å². The van der Waals surface area contributed by atoms with Crippen molar-refractivity contribution in [1.29, 1.82) is 0 Å². The molecule has 8 heteroatoms. The first kappa shape index (κ1) is 15.2. The van der Waals surface area contributed by atoms with E-state index in [0.29, 0.717) is 11.4 Å². The van der Waals surface area contributed by atoms with Gasteiger partial charge < -0.3 is 9.63 Å². The van der Waals surface area contributed by atoms with Crippen molar-refractivity contribution in [1.82, 2.24) is 10.6 Å². The van der Waals surface area contributed by atoms with Crippen molar-refractivity contribution < 1.29 is 23.9 Å². The maximum atomic E-state index is 12.4. The van der Waals surface area contributed by atoms with Crippen LogP contribution in [-0.2, 0) is 23.2 Å². The third-order valence-electron chi connectivity index (χ3n) is 3.83. The molecule has 1 saturated heterocycles. The minimum atomic E-state index is -0.668. The molecule has 23 heavy (non-hydrogen) atoms. The fourth-order valence-corrected chi connectivity index (χ4v) is 2.50. The molecule has 2 aromatic rings. The molecule has 1 aromatic carbocycles. The summed E-state index contributed by atoms with van der Waals surface area (Å²) >= 11 is 0. The van der Waals surface area contributed by atoms with Crippen LogP contribution in [0.5, 0.6) is 5.95 Å². The van der Waals surface area contributed by atoms with Crippen LogP contribution in [0.1, 0.15) is 17.7 Å². The van der Waals surface area contributed by atoms with E-state index in [0.717, 1.165) is 5.56 Å². The highest BCUT2D eigenvalue weighted by molar-refractivity contribution is 6.22. The zero-order valence-electron chi connectivity index (χ0n) is 12.8. The normalized spacial score (nSPS) is 18.0. The molecule has 2 amide bonds. The minimum absolute atomic E-state index is 0.0515. The van der Waals surface area contributed by atoms with E-state index in [-0.39, 0.29) is 24.8 Å². The molecule has 8 nitrogen and oxygen atoms in total. The molecule has 1 N–H and O–H groups in total. The molecule has 1 aromatic heterocycles. The summed E-state index contributed by atoms with van der Waals surface area (Å²) in [7, 11) is 1.57. The highest BCUT2D eigenvalue weighted by Crippen LogP contribution is 2.23. The van der Waals surface area contributed by atoms with Gasteiger partial charge in [-0.1, -0.05) is 22.4 Å². The summed E-state index contributed by atoms with van der Waals surface area (Å²) in [6.07, 6.45) is 0.0515. The van der Waals surface area contributed by atoms with Crippen LogP contribution in [0.4, 0.5) is 5.69 Å². The number of benzene rings is 1. The number of hydrogen-bond acceptors (Lipinski definition) is 6. The Kier molecular flexibility index (Phi) is 3.83. The first-order chi connectivity index (χ1) is 11.0. The predicted molar refractivity (Wildman–Crippen MR) is 76.0 cm³/mol. The number of anilines is 1. The van der Waals surface area contributed by atoms with Crippen molar-refractivity contribution in [2.75, 3.05) is 4.90 Å². The largest absolute Gasteiger partial charge is 0.539 e. The van der Waals surface area contributed by atoms with E-state index in [4.69, 9.17) is 0 Å². The topological polar surface area (TPSA) is 102 Å². The zero-order valence-corrected chi connectivity index (χ0v) is 12.8. The second-order valence-electron chi connectivity index (χ2n) is 5.47. The lowest BCUT2D eigenvalue weighted by Crippen LogP contribution is -2.42. The van der Waals surface area contributed by atoms with E-state index < -0.39 is 12.0 Å². The maximum absolute atomic E-state index is 12.4. The van der Waals surface area contributed by atoms with E-state index in [2.05, 4.69) is 15.1 Å². The highest BCUT2D eigenvalue weighted by Gasteiger charge is 2.39. The van der Waals surface area contributed by atoms with Gasteiger partial charge in [-0.3, -0.25) is 14.9 Å². The standard InChI is InChI=1S/C15H16N4O4/c1-9-3-5-10(6-4-9)19-13(20)7-11(14(19)21)16-8-12-15(22)23-17-18(12)2/h3-6,11,16H,7-8H2,1-2H3. The van der Waals surface area contributed by atoms with Gasteiger partial charge in [-0.25, -0.2) is 4.90 Å². The van der Waals surface area contributed by atoms with Crippen LogP contribution in [0.2, 0.25) is 0 Å². The number of carbonyl (C=O) groups excluding carboxylic acids is 2. The Morgan fingerprint density at radius 2 is 2.09 bits per heavy atom. The number of nitrogens with zero attached hydrogens (tertiary/aromatic N) is 3. The summed E-state index contributed by atoms with van der Waals surface area (Å²) < 4.78 is 5.82. The first-order valence-electron chi connectivity index (χ1n) is 7.16. The number of imide groups is 1. The van der Waals surface area contributed by atoms with E-state index in [1.165, 1.54) is 9.58 Å². The summed E-state index contributed by atoms with van der Waals surface area (Å²) in [5.41, 5.74) is 1.89. The Morgan fingerprint density at radius 3 is 2.70 bits per heavy atom. The minimum Gasteiger partial charge on any atom is -0.539 e. The van der Waals surface area contributed by atoms with Crippen molar-refractivity contribution in [3.63, 3.8) is 0 Å². The van der Waals surface area contributed by atoms with Crippen molar-refractivity contribution >= 4 is 17.5 Å². The van der Waals surface area contributed by atoms with Crippen LogP contribution in [0.15, 0.2) is 28.8 Å². The van der Waals surface area contributed by atoms with E-state index in [1.54, 1.807) is 19.2 Å². The van der Waals surface area contributed by atoms with Gasteiger partial charge in [0.25, 0.3) is 5.91 Å². The van der Waals surface area contributed by atoms with E-state index in [9.17, 15) is 14.7 Å². The second kappa shape index (κ2) is 5.81. The number of carbonyl (C=O) groups is 2. The number of nitrogens with one attached hydrogen (secondary N) is 1. The molecule has 1 atom stereocenters. The van der Waals surface area contributed by atoms with Crippen molar-refractivity contribution in [2.45, 2.75) is 25.9 Å². The summed E-state index contributed by atoms with van der Waals surface area (Å²) in [6.45, 7) is 2.03. The number of aromatic nitrogens is 2. The first-order valence-corrected chi connectivity index (χ1v) is 7.16. The molecule has 2 heterocycles. The molecule has 0 radical (unpaired) electrons. The van der Waals surface area contributed by atoms with Crippen LogP contribution >= 0.6 is 0 Å². The lowest BCUT2D eigenvalue weighted by atomic mass is 10.2. The molecule has 1 fully saturated rings. The Morgan fingerprint density at radius 1 is 1.39 bits per heavy atom. The van der Waals surface area contributed by atoms with Gasteiger partial charge in [0.15, 0.2) is 13.0 Å². The predicted octanol–water partition coefficient (Wildman–Crippen LogP) is -0.697. The van der Waals surface area contributed by atoms with E-state index >= 15 is 0 Å². The SMILES string of the molecule is Cc1ccc(N2C(=O)CC(NCc3c([O-])on[n+]3C)C2=O)cc1. The van der Waals surface area contributed by atoms with Crippen molar-refractivity contribution in [2.24, 2.45) is 7.05 Å². The van der Waals surface area contributed by atoms with Gasteiger partial charge >= 0.3 is 0 Å². The van der Waals surface area contributed by atoms with Gasteiger partial charge in [0.1, 0.15) is 0 Å². The van der Waals surface area contributed by atoms with Gasteiger partial charge in [0.05, 0.1) is 30.0 Å². The molecular formula is C15H16N4O4. The summed E-state index contributed by atoms with van der Waals surface area (Å²) in [5, 5.41) is 17.9. The molecule has 120 valence electrons. The number of hydrogen-bond donors (Lipinski definition) is 1. The van der Waals surface area contributed by atoms with E-state index in [1.807, 2.05) is 19.1 Å². The van der Waals surface area contributed by atoms with Gasteiger partial charge in [-0.05, 0) is 19.1 Å². The average Bonchev–Trinajstić information content (AvgIpc) is 2.98. The Bertz CT molecular complexity index is 734. The third-order valence-corrected chi connectivity index (χ3v) is 3.83. The second-order valence-corrected chi connectivity index (χ2v) is 5.47. The molecule has 1 aliphatic rings. The Balaban J connectivity index is 1.72. The number of aryl methyl sites for hydroxylation is 2. The number of rotatable bonds is 4. The Hall–Kier alpha value is -2.74. The molecule has 1 aliphatic heterocycles. The molecule has 0 bridgehead atoms. The fourth-order valence-electron chi connectivity index (χ4n) is 2.50. The molecule has 0 saturated carbocycles. The monoisotopic (exact) mass is 316 g/mol. The molecule has 0 aliphatic carbocycles. The fraction of sp³-hybridized carbons (Fsp3) is 0.333. The molecule has 1 unspecified atom stereocenters. The van der Waals surface area contributed by atoms with Crippen molar-refractivity contribution in [3.8, 4) is 5.95 Å². The molecular weight excluding hydrogens is 300 g/mol. The van der Waals surface area contributed by atoms with Crippen LogP contribution in [0.3, 0.4) is 0 Å². The third kappa shape index (κ3) is 2.80. The Labute approximate surface area is 132 Å². The summed E-state index contributed by atoms with van der Waals surface area (Å²) in [6, 6.07) is 6.50. The molecule has 0 spiro atoms. The lowest BCUT2D eigenvalue weighted by Gasteiger charge is -2.15. The molecule has 3 rings (SSSR count). The highest BCUT2D eigenvalue weighted by atomic mass is 16.6. The van der Waals surface area contributed by atoms with Gasteiger partial charge in [-0.2, -0.15) is 0 Å². The maximum Gasteiger partial charge on any atom is 0.251 e. The zero-order chi connectivity index (χ0) is 16.6. The smallest absolute Gasteiger partial charge is 0.251 e. The van der Waals surface area contributed by atoms with Crippen molar-refractivity contribution in [3.05, 3.63) is 35.5 Å². The number of amides is 2.